The number of nitrogens with zero attached hydrogens (tertiary/aromatic N) is 3. The van der Waals surface area contributed by atoms with Gasteiger partial charge in [-0.15, -0.1) is 0 Å². The van der Waals surface area contributed by atoms with Crippen LogP contribution in [0.1, 0.15) is 48.5 Å². The van der Waals surface area contributed by atoms with Crippen molar-refractivity contribution in [2.45, 2.75) is 32.6 Å². The molecule has 2 aromatic carbocycles. The van der Waals surface area contributed by atoms with E-state index in [2.05, 4.69) is 33.3 Å². The monoisotopic (exact) mass is 430 g/mol. The molecule has 2 saturated heterocycles. The predicted octanol–water partition coefficient (Wildman–Crippen LogP) is 4.78. The van der Waals surface area contributed by atoms with Gasteiger partial charge in [-0.25, -0.2) is 0 Å². The molecule has 0 radical (unpaired) electrons. The summed E-state index contributed by atoms with van der Waals surface area (Å²) in [4.78, 5) is 18.6. The van der Waals surface area contributed by atoms with Crippen LogP contribution in [0.25, 0.3) is 22.2 Å². The summed E-state index contributed by atoms with van der Waals surface area (Å²) in [7, 11) is 0. The molecule has 6 rings (SSSR count). The third-order valence-corrected chi connectivity index (χ3v) is 7.32. The van der Waals surface area contributed by atoms with Crippen LogP contribution in [0.3, 0.4) is 0 Å². The van der Waals surface area contributed by atoms with Gasteiger partial charge in [-0.3, -0.25) is 4.79 Å². The van der Waals surface area contributed by atoms with E-state index in [1.54, 1.807) is 0 Å². The molecule has 1 atom stereocenters. The summed E-state index contributed by atoms with van der Waals surface area (Å²) >= 11 is 0. The van der Waals surface area contributed by atoms with E-state index in [0.29, 0.717) is 17.0 Å². The van der Waals surface area contributed by atoms with Crippen molar-refractivity contribution in [2.24, 2.45) is 5.92 Å². The van der Waals surface area contributed by atoms with Crippen LogP contribution in [0.4, 0.5) is 11.4 Å². The van der Waals surface area contributed by atoms with Crippen molar-refractivity contribution in [3.63, 3.8) is 0 Å². The molecule has 0 amide bonds. The van der Waals surface area contributed by atoms with Gasteiger partial charge in [0.2, 0.25) is 0 Å². The molecule has 3 aliphatic rings. The molecule has 1 aromatic heterocycles. The van der Waals surface area contributed by atoms with Gasteiger partial charge in [0.05, 0.1) is 16.6 Å². The number of aromatic nitrogens is 1. The summed E-state index contributed by atoms with van der Waals surface area (Å²) in [6.07, 6.45) is 5.00. The van der Waals surface area contributed by atoms with Gasteiger partial charge in [-0.2, -0.15) is 0 Å². The Morgan fingerprint density at radius 3 is 2.75 bits per heavy atom. The number of nitrogens with one attached hydrogen (secondary N) is 1. The summed E-state index contributed by atoms with van der Waals surface area (Å²) in [5.41, 5.74) is 5.07. The number of piperidine rings is 1. The van der Waals surface area contributed by atoms with Crippen LogP contribution >= 0.6 is 0 Å². The average Bonchev–Trinajstić information content (AvgIpc) is 3.48. The number of anilines is 2. The minimum Gasteiger partial charge on any atom is -0.383 e. The Hall–Kier alpha value is -2.86. The van der Waals surface area contributed by atoms with Crippen LogP contribution in [0.15, 0.2) is 34.9 Å². The van der Waals surface area contributed by atoms with Crippen molar-refractivity contribution in [3.8, 4) is 11.3 Å². The predicted molar refractivity (Wildman–Crippen MR) is 128 cm³/mol. The van der Waals surface area contributed by atoms with Gasteiger partial charge in [0, 0.05) is 43.0 Å². The molecule has 0 bridgehead atoms. The van der Waals surface area contributed by atoms with Gasteiger partial charge in [-0.1, -0.05) is 36.3 Å². The maximum absolute atomic E-state index is 13.6. The zero-order valence-corrected chi connectivity index (χ0v) is 18.7. The third-order valence-electron chi connectivity index (χ3n) is 7.32. The Morgan fingerprint density at radius 1 is 1.12 bits per heavy atom. The maximum Gasteiger partial charge on any atom is 0.196 e. The fourth-order valence-corrected chi connectivity index (χ4v) is 5.69. The molecule has 0 spiro atoms. The molecule has 1 unspecified atom stereocenters. The van der Waals surface area contributed by atoms with Crippen molar-refractivity contribution >= 4 is 28.1 Å². The molecule has 32 heavy (non-hydrogen) atoms. The first-order chi connectivity index (χ1) is 15.7. The summed E-state index contributed by atoms with van der Waals surface area (Å²) in [5.74, 6) is 1.43. The highest BCUT2D eigenvalue weighted by Crippen LogP contribution is 2.46. The lowest BCUT2D eigenvalue weighted by Gasteiger charge is -2.33. The van der Waals surface area contributed by atoms with E-state index >= 15 is 0 Å². The zero-order valence-electron chi connectivity index (χ0n) is 18.7. The topological polar surface area (TPSA) is 61.6 Å². The number of ketones is 1. The number of carbonyl (C=O) groups is 1. The minimum absolute atomic E-state index is 0.0588. The Kier molecular flexibility index (Phi) is 4.90. The van der Waals surface area contributed by atoms with E-state index in [4.69, 9.17) is 4.52 Å². The summed E-state index contributed by atoms with van der Waals surface area (Å²) < 4.78 is 5.91. The van der Waals surface area contributed by atoms with Crippen LogP contribution in [0, 0.1) is 5.92 Å². The standard InChI is InChI=1S/C26H30N4O2/c1-17-7-6-13-30(16-17)21-15-20(27-10-14-29-11-4-5-12-29)22-23-24(21)28-32-26(23)19-9-3-2-8-18(19)25(22)31/h2-3,8-9,15,17,27H,4-7,10-14,16H2,1H3. The van der Waals surface area contributed by atoms with Gasteiger partial charge in [0.1, 0.15) is 5.52 Å². The van der Waals surface area contributed by atoms with Gasteiger partial charge >= 0.3 is 0 Å². The first kappa shape index (κ1) is 19.8. The van der Waals surface area contributed by atoms with Crippen LogP contribution in [-0.4, -0.2) is 55.1 Å². The highest BCUT2D eigenvalue weighted by molar-refractivity contribution is 6.28. The lowest BCUT2D eigenvalue weighted by atomic mass is 9.86. The van der Waals surface area contributed by atoms with Crippen LogP contribution in [-0.2, 0) is 0 Å². The Morgan fingerprint density at radius 2 is 1.94 bits per heavy atom. The zero-order chi connectivity index (χ0) is 21.7. The third kappa shape index (κ3) is 3.20. The highest BCUT2D eigenvalue weighted by atomic mass is 16.5. The molecule has 2 fully saturated rings. The molecule has 166 valence electrons. The molecule has 3 heterocycles. The van der Waals surface area contributed by atoms with E-state index in [1.807, 2.05) is 24.3 Å². The first-order valence-electron chi connectivity index (χ1n) is 12.0. The van der Waals surface area contributed by atoms with Crippen molar-refractivity contribution in [1.82, 2.24) is 10.1 Å². The van der Waals surface area contributed by atoms with E-state index < -0.39 is 0 Å². The molecule has 1 N–H and O–H groups in total. The van der Waals surface area contributed by atoms with Gasteiger partial charge in [0.25, 0.3) is 0 Å². The minimum atomic E-state index is 0.0588. The molecular formula is C26H30N4O2. The van der Waals surface area contributed by atoms with Crippen LogP contribution in [0.2, 0.25) is 0 Å². The van der Waals surface area contributed by atoms with Crippen molar-refractivity contribution in [2.75, 3.05) is 49.5 Å². The molecule has 0 saturated carbocycles. The largest absolute Gasteiger partial charge is 0.383 e. The fraction of sp³-hybridized carbons (Fsp3) is 0.462. The average molecular weight is 431 g/mol. The SMILES string of the molecule is CC1CCCN(c2cc(NCCN3CCCC3)c3c4c(onc24)-c2ccccc2C3=O)C1. The summed E-state index contributed by atoms with van der Waals surface area (Å²) in [6.45, 7) is 8.50. The van der Waals surface area contributed by atoms with E-state index in [0.717, 1.165) is 59.8 Å². The number of benzene rings is 2. The molecule has 6 nitrogen and oxygen atoms in total. The van der Waals surface area contributed by atoms with E-state index in [-0.39, 0.29) is 5.78 Å². The second-order valence-electron chi connectivity index (χ2n) is 9.60. The fourth-order valence-electron chi connectivity index (χ4n) is 5.69. The Balaban J connectivity index is 1.46. The van der Waals surface area contributed by atoms with Crippen molar-refractivity contribution in [3.05, 3.63) is 41.5 Å². The van der Waals surface area contributed by atoms with Crippen LogP contribution in [0.5, 0.6) is 0 Å². The molecule has 1 aliphatic carbocycles. The van der Waals surface area contributed by atoms with Gasteiger partial charge in [-0.05, 0) is 50.8 Å². The lowest BCUT2D eigenvalue weighted by molar-refractivity contribution is 0.104. The quantitative estimate of drug-likeness (QED) is 0.492. The number of rotatable bonds is 5. The maximum atomic E-state index is 13.6. The molecule has 2 aliphatic heterocycles. The number of hydrogen-bond donors (Lipinski definition) is 1. The second kappa shape index (κ2) is 7.93. The lowest BCUT2D eigenvalue weighted by Crippen LogP contribution is -2.34. The van der Waals surface area contributed by atoms with E-state index in [9.17, 15) is 4.79 Å². The number of hydrogen-bond acceptors (Lipinski definition) is 6. The second-order valence-corrected chi connectivity index (χ2v) is 9.60. The Labute approximate surface area is 188 Å². The number of carbonyl (C=O) groups excluding carboxylic acids is 1. The summed E-state index contributed by atoms with van der Waals surface area (Å²) in [5, 5.41) is 9.00. The highest BCUT2D eigenvalue weighted by Gasteiger charge is 2.34. The van der Waals surface area contributed by atoms with Gasteiger partial charge in [0.15, 0.2) is 11.5 Å². The molecular weight excluding hydrogens is 400 g/mol. The Bertz CT molecular complexity index is 1180. The number of fused-ring (bicyclic) bond motifs is 2. The van der Waals surface area contributed by atoms with Crippen LogP contribution < -0.4 is 10.2 Å². The van der Waals surface area contributed by atoms with E-state index in [1.165, 1.54) is 38.8 Å². The van der Waals surface area contributed by atoms with Crippen molar-refractivity contribution < 1.29 is 9.32 Å². The van der Waals surface area contributed by atoms with Crippen molar-refractivity contribution in [1.29, 1.82) is 0 Å². The molecule has 6 heteroatoms. The number of likely N-dealkylation sites (tertiary alicyclic amines) is 1. The molecule has 3 aromatic rings. The summed E-state index contributed by atoms with van der Waals surface area (Å²) in [6, 6.07) is 9.88. The van der Waals surface area contributed by atoms with Gasteiger partial charge < -0.3 is 19.6 Å². The normalized spacial score (nSPS) is 20.7. The first-order valence-corrected chi connectivity index (χ1v) is 12.0. The smallest absolute Gasteiger partial charge is 0.196 e.